The van der Waals surface area contributed by atoms with Crippen LogP contribution in [0, 0.1) is 0 Å². The summed E-state index contributed by atoms with van der Waals surface area (Å²) < 4.78 is 5.90. The number of hydrogen-bond donors (Lipinski definition) is 0. The summed E-state index contributed by atoms with van der Waals surface area (Å²) in [7, 11) is 1.59. The molecule has 0 atom stereocenters. The van der Waals surface area contributed by atoms with E-state index in [0.717, 1.165) is 4.47 Å². The lowest BCUT2D eigenvalue weighted by Gasteiger charge is -2.05. The third kappa shape index (κ3) is 2.74. The molecule has 2 aromatic carbocycles. The predicted octanol–water partition coefficient (Wildman–Crippen LogP) is 4.34. The minimum absolute atomic E-state index is 0.102. The first-order chi connectivity index (χ1) is 8.61. The number of carbonyl (C=O) groups is 1. The van der Waals surface area contributed by atoms with Crippen molar-refractivity contribution < 1.29 is 9.53 Å². The van der Waals surface area contributed by atoms with E-state index in [1.54, 1.807) is 49.6 Å². The van der Waals surface area contributed by atoms with Gasteiger partial charge in [-0.1, -0.05) is 27.5 Å². The first-order valence-electron chi connectivity index (χ1n) is 5.25. The number of benzene rings is 2. The second-order valence-corrected chi connectivity index (χ2v) is 5.00. The third-order valence-electron chi connectivity index (χ3n) is 2.53. The highest BCUT2D eigenvalue weighted by Crippen LogP contribution is 2.24. The van der Waals surface area contributed by atoms with Gasteiger partial charge in [-0.2, -0.15) is 0 Å². The van der Waals surface area contributed by atoms with Crippen LogP contribution >= 0.6 is 27.5 Å². The zero-order valence-corrected chi connectivity index (χ0v) is 12.0. The molecule has 0 heterocycles. The molecule has 0 N–H and O–H groups in total. The van der Waals surface area contributed by atoms with E-state index < -0.39 is 0 Å². The van der Waals surface area contributed by atoms with Crippen LogP contribution in [-0.2, 0) is 0 Å². The van der Waals surface area contributed by atoms with Crippen LogP contribution in [-0.4, -0.2) is 12.9 Å². The molecule has 0 saturated carbocycles. The molecule has 4 heteroatoms. The van der Waals surface area contributed by atoms with E-state index in [2.05, 4.69) is 15.9 Å². The Balaban J connectivity index is 2.35. The predicted molar refractivity (Wildman–Crippen MR) is 75.6 cm³/mol. The Hall–Kier alpha value is -1.32. The zero-order chi connectivity index (χ0) is 13.1. The minimum atomic E-state index is -0.102. The van der Waals surface area contributed by atoms with Gasteiger partial charge in [-0.05, 0) is 42.5 Å². The zero-order valence-electron chi connectivity index (χ0n) is 9.61. The van der Waals surface area contributed by atoms with Gasteiger partial charge in [0.15, 0.2) is 5.78 Å². The highest BCUT2D eigenvalue weighted by atomic mass is 79.9. The van der Waals surface area contributed by atoms with Crippen molar-refractivity contribution in [2.24, 2.45) is 0 Å². The molecular weight excluding hydrogens is 316 g/mol. The van der Waals surface area contributed by atoms with Crippen molar-refractivity contribution in [2.45, 2.75) is 0 Å². The molecule has 2 rings (SSSR count). The molecule has 0 aliphatic carbocycles. The summed E-state index contributed by atoms with van der Waals surface area (Å²) in [4.78, 5) is 12.2. The van der Waals surface area contributed by atoms with E-state index in [1.807, 2.05) is 0 Å². The molecule has 0 saturated heterocycles. The summed E-state index contributed by atoms with van der Waals surface area (Å²) in [6, 6.07) is 12.2. The van der Waals surface area contributed by atoms with Crippen molar-refractivity contribution >= 4 is 33.3 Å². The number of ketones is 1. The van der Waals surface area contributed by atoms with Gasteiger partial charge in [0.1, 0.15) is 5.75 Å². The lowest BCUT2D eigenvalue weighted by Crippen LogP contribution is -2.02. The topological polar surface area (TPSA) is 26.3 Å². The molecule has 0 unspecified atom stereocenters. The highest BCUT2D eigenvalue weighted by molar-refractivity contribution is 9.10. The average molecular weight is 326 g/mol. The maximum Gasteiger partial charge on any atom is 0.194 e. The Kier molecular flexibility index (Phi) is 4.04. The maximum atomic E-state index is 12.2. The van der Waals surface area contributed by atoms with E-state index >= 15 is 0 Å². The number of carbonyl (C=O) groups excluding carboxylic acids is 1. The monoisotopic (exact) mass is 324 g/mol. The van der Waals surface area contributed by atoms with Gasteiger partial charge in [-0.15, -0.1) is 0 Å². The van der Waals surface area contributed by atoms with E-state index in [0.29, 0.717) is 21.9 Å². The van der Waals surface area contributed by atoms with Gasteiger partial charge in [0.05, 0.1) is 12.1 Å². The van der Waals surface area contributed by atoms with Crippen LogP contribution in [0.2, 0.25) is 5.02 Å². The Morgan fingerprint density at radius 1 is 1.17 bits per heavy atom. The lowest BCUT2D eigenvalue weighted by atomic mass is 10.0. The number of ether oxygens (including phenoxy) is 1. The summed E-state index contributed by atoms with van der Waals surface area (Å²) in [5.74, 6) is 0.614. The van der Waals surface area contributed by atoms with Gasteiger partial charge in [0, 0.05) is 15.6 Å². The van der Waals surface area contributed by atoms with E-state index in [1.165, 1.54) is 0 Å². The second-order valence-electron chi connectivity index (χ2n) is 3.68. The molecule has 2 nitrogen and oxygen atoms in total. The average Bonchev–Trinajstić information content (AvgIpc) is 2.38. The molecule has 18 heavy (non-hydrogen) atoms. The lowest BCUT2D eigenvalue weighted by molar-refractivity contribution is 0.103. The molecule has 0 aliphatic heterocycles. The van der Waals surface area contributed by atoms with Gasteiger partial charge in [-0.3, -0.25) is 4.79 Å². The number of rotatable bonds is 3. The van der Waals surface area contributed by atoms with Crippen LogP contribution in [0.15, 0.2) is 46.9 Å². The van der Waals surface area contributed by atoms with Crippen molar-refractivity contribution in [1.29, 1.82) is 0 Å². The largest absolute Gasteiger partial charge is 0.497 e. The fraction of sp³-hybridized carbons (Fsp3) is 0.0714. The van der Waals surface area contributed by atoms with Crippen LogP contribution in [0.25, 0.3) is 0 Å². The van der Waals surface area contributed by atoms with Crippen molar-refractivity contribution in [1.82, 2.24) is 0 Å². The van der Waals surface area contributed by atoms with Gasteiger partial charge in [0.2, 0.25) is 0 Å². The Labute approximate surface area is 119 Å². The third-order valence-corrected chi connectivity index (χ3v) is 3.33. The summed E-state index contributed by atoms with van der Waals surface area (Å²) in [5, 5.41) is 0.435. The van der Waals surface area contributed by atoms with Gasteiger partial charge >= 0.3 is 0 Å². The number of methoxy groups -OCH3 is 1. The van der Waals surface area contributed by atoms with Gasteiger partial charge < -0.3 is 4.74 Å². The molecule has 2 aromatic rings. The highest BCUT2D eigenvalue weighted by Gasteiger charge is 2.12. The van der Waals surface area contributed by atoms with Crippen molar-refractivity contribution in [3.05, 3.63) is 63.1 Å². The molecule has 0 bridgehead atoms. The molecular formula is C14H10BrClO2. The Morgan fingerprint density at radius 2 is 1.83 bits per heavy atom. The van der Waals surface area contributed by atoms with Crippen LogP contribution in [0.4, 0.5) is 0 Å². The first-order valence-corrected chi connectivity index (χ1v) is 6.42. The molecule has 0 amide bonds. The summed E-state index contributed by atoms with van der Waals surface area (Å²) in [6.07, 6.45) is 0. The first kappa shape index (κ1) is 13.1. The van der Waals surface area contributed by atoms with Crippen molar-refractivity contribution in [2.75, 3.05) is 7.11 Å². The Morgan fingerprint density at radius 3 is 2.39 bits per heavy atom. The van der Waals surface area contributed by atoms with Crippen LogP contribution < -0.4 is 4.74 Å². The molecule has 0 spiro atoms. The summed E-state index contributed by atoms with van der Waals surface area (Å²) in [6.45, 7) is 0. The molecule has 0 radical (unpaired) electrons. The summed E-state index contributed by atoms with van der Waals surface area (Å²) in [5.41, 5.74) is 1.07. The number of halogens is 2. The van der Waals surface area contributed by atoms with E-state index in [4.69, 9.17) is 16.3 Å². The van der Waals surface area contributed by atoms with E-state index in [9.17, 15) is 4.79 Å². The molecule has 0 aromatic heterocycles. The van der Waals surface area contributed by atoms with Crippen LogP contribution in [0.1, 0.15) is 15.9 Å². The maximum absolute atomic E-state index is 12.2. The number of hydrogen-bond acceptors (Lipinski definition) is 2. The SMILES string of the molecule is COc1ccc(C(=O)c2ccc(Br)cc2Cl)cc1. The quantitative estimate of drug-likeness (QED) is 0.785. The van der Waals surface area contributed by atoms with Gasteiger partial charge in [0.25, 0.3) is 0 Å². The van der Waals surface area contributed by atoms with Crippen molar-refractivity contribution in [3.63, 3.8) is 0 Å². The molecule has 0 fully saturated rings. The van der Waals surface area contributed by atoms with Gasteiger partial charge in [-0.25, -0.2) is 0 Å². The minimum Gasteiger partial charge on any atom is -0.497 e. The fourth-order valence-electron chi connectivity index (χ4n) is 1.57. The standard InChI is InChI=1S/C14H10BrClO2/c1-18-11-5-2-9(3-6-11)14(17)12-7-4-10(15)8-13(12)16/h2-8H,1H3. The van der Waals surface area contributed by atoms with Crippen LogP contribution in [0.3, 0.4) is 0 Å². The smallest absolute Gasteiger partial charge is 0.194 e. The molecule has 92 valence electrons. The summed E-state index contributed by atoms with van der Waals surface area (Å²) >= 11 is 9.37. The Bertz CT molecular complexity index is 579. The normalized spacial score (nSPS) is 10.2. The van der Waals surface area contributed by atoms with Crippen molar-refractivity contribution in [3.8, 4) is 5.75 Å². The van der Waals surface area contributed by atoms with E-state index in [-0.39, 0.29) is 5.78 Å². The van der Waals surface area contributed by atoms with Crippen LogP contribution in [0.5, 0.6) is 5.75 Å². The molecule has 0 aliphatic rings. The fourth-order valence-corrected chi connectivity index (χ4v) is 2.33. The second kappa shape index (κ2) is 5.55.